The van der Waals surface area contributed by atoms with E-state index >= 15 is 0 Å². The molecular formula is C41H62O8. The van der Waals surface area contributed by atoms with Crippen molar-refractivity contribution in [1.29, 1.82) is 0 Å². The quantitative estimate of drug-likeness (QED) is 0.0717. The number of hydrogen-bond donors (Lipinski definition) is 0. The van der Waals surface area contributed by atoms with E-state index in [1.54, 1.807) is 13.8 Å². The molecule has 8 nitrogen and oxygen atoms in total. The Balaban J connectivity index is 2.13. The lowest BCUT2D eigenvalue weighted by Crippen LogP contribution is -2.31. The minimum absolute atomic E-state index is 0.135. The average Bonchev–Trinajstić information content (AvgIpc) is 3.08. The van der Waals surface area contributed by atoms with Crippen LogP contribution in [0.2, 0.25) is 0 Å². The van der Waals surface area contributed by atoms with Crippen molar-refractivity contribution in [3.8, 4) is 11.5 Å². The van der Waals surface area contributed by atoms with Gasteiger partial charge in [0.25, 0.3) is 0 Å². The zero-order valence-electron chi connectivity index (χ0n) is 31.3. The summed E-state index contributed by atoms with van der Waals surface area (Å²) in [6.07, 6.45) is 7.79. The molecule has 0 aliphatic carbocycles. The van der Waals surface area contributed by atoms with E-state index in [1.165, 1.54) is 12.8 Å². The number of benzene rings is 2. The van der Waals surface area contributed by atoms with Gasteiger partial charge in [-0.1, -0.05) is 91.5 Å². The summed E-state index contributed by atoms with van der Waals surface area (Å²) in [6, 6.07) is 9.74. The molecule has 49 heavy (non-hydrogen) atoms. The van der Waals surface area contributed by atoms with Gasteiger partial charge in [-0.2, -0.15) is 0 Å². The fraction of sp³-hybridized carbons (Fsp3) is 0.610. The summed E-state index contributed by atoms with van der Waals surface area (Å²) in [5.41, 5.74) is 1.60. The molecule has 0 saturated carbocycles. The second-order valence-electron chi connectivity index (χ2n) is 13.2. The number of fused-ring (bicyclic) bond motifs is 1. The molecule has 4 unspecified atom stereocenters. The normalized spacial score (nSPS) is 13.7. The molecule has 0 bridgehead atoms. The van der Waals surface area contributed by atoms with Crippen molar-refractivity contribution in [2.45, 2.75) is 112 Å². The first-order valence-electron chi connectivity index (χ1n) is 18.2. The van der Waals surface area contributed by atoms with Crippen molar-refractivity contribution >= 4 is 22.7 Å². The van der Waals surface area contributed by atoms with E-state index in [1.807, 2.05) is 37.3 Å². The fourth-order valence-electron chi connectivity index (χ4n) is 5.30. The SMILES string of the molecule is C=C(C)C(=O)OC(COCC(CC)CCCC)COc1ccc2c(OCC(COCC(CC)CCCC)OC(=O)C(=C)C)c(C)ccc2c1. The fourth-order valence-corrected chi connectivity index (χ4v) is 5.30. The number of ether oxygens (including phenoxy) is 6. The van der Waals surface area contributed by atoms with E-state index in [0.717, 1.165) is 54.9 Å². The Morgan fingerprint density at radius 3 is 1.65 bits per heavy atom. The van der Waals surface area contributed by atoms with Crippen LogP contribution in [-0.4, -0.2) is 63.8 Å². The van der Waals surface area contributed by atoms with Crippen LogP contribution < -0.4 is 9.47 Å². The van der Waals surface area contributed by atoms with Crippen LogP contribution in [-0.2, 0) is 28.5 Å². The number of unbranched alkanes of at least 4 members (excludes halogenated alkanes) is 2. The smallest absolute Gasteiger partial charge is 0.333 e. The number of aryl methyl sites for hydroxylation is 1. The van der Waals surface area contributed by atoms with Crippen LogP contribution in [0, 0.1) is 18.8 Å². The number of esters is 2. The van der Waals surface area contributed by atoms with Gasteiger partial charge in [-0.15, -0.1) is 0 Å². The van der Waals surface area contributed by atoms with E-state index in [2.05, 4.69) is 40.9 Å². The summed E-state index contributed by atoms with van der Waals surface area (Å²) in [6.45, 7) is 23.4. The first-order chi connectivity index (χ1) is 23.5. The van der Waals surface area contributed by atoms with Gasteiger partial charge < -0.3 is 28.4 Å². The number of hydrogen-bond acceptors (Lipinski definition) is 8. The summed E-state index contributed by atoms with van der Waals surface area (Å²) >= 11 is 0. The van der Waals surface area contributed by atoms with Gasteiger partial charge in [0.2, 0.25) is 0 Å². The molecule has 2 aromatic rings. The van der Waals surface area contributed by atoms with Gasteiger partial charge in [0.1, 0.15) is 24.7 Å². The molecule has 0 N–H and O–H groups in total. The van der Waals surface area contributed by atoms with E-state index in [0.29, 0.717) is 47.7 Å². The topological polar surface area (TPSA) is 89.5 Å². The maximum atomic E-state index is 12.4. The molecule has 0 fully saturated rings. The molecule has 0 spiro atoms. The average molecular weight is 683 g/mol. The summed E-state index contributed by atoms with van der Waals surface area (Å²) in [7, 11) is 0. The van der Waals surface area contributed by atoms with Crippen LogP contribution in [0.4, 0.5) is 0 Å². The van der Waals surface area contributed by atoms with Crippen molar-refractivity contribution in [3.63, 3.8) is 0 Å². The van der Waals surface area contributed by atoms with Gasteiger partial charge in [-0.3, -0.25) is 0 Å². The molecule has 0 heterocycles. The Morgan fingerprint density at radius 2 is 1.18 bits per heavy atom. The Labute approximate surface area is 295 Å². The molecule has 0 aromatic heterocycles. The van der Waals surface area contributed by atoms with Crippen LogP contribution in [0.1, 0.15) is 98.5 Å². The first kappa shape index (κ1) is 41.8. The summed E-state index contributed by atoms with van der Waals surface area (Å²) in [5, 5.41) is 1.81. The predicted octanol–water partition coefficient (Wildman–Crippen LogP) is 9.35. The largest absolute Gasteiger partial charge is 0.490 e. The molecule has 0 amide bonds. The Bertz CT molecular complexity index is 1320. The van der Waals surface area contributed by atoms with Crippen molar-refractivity contribution < 1.29 is 38.0 Å². The van der Waals surface area contributed by atoms with Crippen LogP contribution in [0.5, 0.6) is 11.5 Å². The summed E-state index contributed by atoms with van der Waals surface area (Å²) in [5.74, 6) is 1.34. The molecule has 2 aromatic carbocycles. The maximum absolute atomic E-state index is 12.4. The molecule has 2 rings (SSSR count). The molecule has 0 aliphatic rings. The standard InChI is InChI=1S/C41H62O8/c1-10-14-16-32(12-3)23-44-25-36(48-40(42)29(5)6)27-46-35-20-21-38-34(22-35)19-18-31(9)39(38)47-28-37(49-41(43)30(7)8)26-45-24-33(13-4)17-15-11-2/h18-22,32-33,36-37H,5,7,10-17,23-28H2,1-4,6,8-9H3. The number of rotatable bonds is 26. The monoisotopic (exact) mass is 682 g/mol. The lowest BCUT2D eigenvalue weighted by atomic mass is 10.0. The lowest BCUT2D eigenvalue weighted by molar-refractivity contribution is -0.150. The van der Waals surface area contributed by atoms with E-state index < -0.39 is 24.1 Å². The van der Waals surface area contributed by atoms with Gasteiger partial charge >= 0.3 is 11.9 Å². The molecule has 0 radical (unpaired) electrons. The number of carbonyl (C=O) groups is 2. The van der Waals surface area contributed by atoms with Gasteiger partial charge in [0, 0.05) is 29.7 Å². The van der Waals surface area contributed by atoms with Crippen LogP contribution >= 0.6 is 0 Å². The third kappa shape index (κ3) is 15.4. The van der Waals surface area contributed by atoms with E-state index in [9.17, 15) is 9.59 Å². The van der Waals surface area contributed by atoms with Gasteiger partial charge in [0.15, 0.2) is 12.2 Å². The van der Waals surface area contributed by atoms with Crippen molar-refractivity contribution in [3.05, 3.63) is 60.2 Å². The van der Waals surface area contributed by atoms with Crippen molar-refractivity contribution in [2.75, 3.05) is 39.6 Å². The molecule has 0 saturated heterocycles. The molecular weight excluding hydrogens is 620 g/mol. The molecule has 4 atom stereocenters. The highest BCUT2D eigenvalue weighted by molar-refractivity contribution is 5.91. The predicted molar refractivity (Wildman–Crippen MR) is 197 cm³/mol. The van der Waals surface area contributed by atoms with E-state index in [4.69, 9.17) is 28.4 Å². The third-order valence-corrected chi connectivity index (χ3v) is 8.63. The molecule has 8 heteroatoms. The minimum atomic E-state index is -0.592. The van der Waals surface area contributed by atoms with Crippen LogP contribution in [0.15, 0.2) is 54.6 Å². The highest BCUT2D eigenvalue weighted by Crippen LogP contribution is 2.32. The highest BCUT2D eigenvalue weighted by atomic mass is 16.6. The number of carbonyl (C=O) groups excluding carboxylic acids is 2. The third-order valence-electron chi connectivity index (χ3n) is 8.63. The summed E-state index contributed by atoms with van der Waals surface area (Å²) in [4.78, 5) is 24.8. The first-order valence-corrected chi connectivity index (χ1v) is 18.2. The van der Waals surface area contributed by atoms with Crippen molar-refractivity contribution in [2.24, 2.45) is 11.8 Å². The van der Waals surface area contributed by atoms with Gasteiger partial charge in [-0.05, 0) is 74.6 Å². The lowest BCUT2D eigenvalue weighted by Gasteiger charge is -2.22. The zero-order chi connectivity index (χ0) is 36.2. The zero-order valence-corrected chi connectivity index (χ0v) is 31.3. The second kappa shape index (κ2) is 23.1. The van der Waals surface area contributed by atoms with Gasteiger partial charge in [-0.25, -0.2) is 9.59 Å². The summed E-state index contributed by atoms with van der Waals surface area (Å²) < 4.78 is 35.9. The second-order valence-corrected chi connectivity index (χ2v) is 13.2. The Morgan fingerprint density at radius 1 is 0.673 bits per heavy atom. The highest BCUT2D eigenvalue weighted by Gasteiger charge is 2.21. The van der Waals surface area contributed by atoms with Crippen LogP contribution in [0.25, 0.3) is 10.8 Å². The van der Waals surface area contributed by atoms with Gasteiger partial charge in [0.05, 0.1) is 13.2 Å². The minimum Gasteiger partial charge on any atom is -0.490 e. The van der Waals surface area contributed by atoms with E-state index in [-0.39, 0.29) is 26.4 Å². The van der Waals surface area contributed by atoms with Crippen LogP contribution in [0.3, 0.4) is 0 Å². The Hall–Kier alpha value is -3.36. The Kier molecular flexibility index (Phi) is 19.7. The molecule has 0 aliphatic heterocycles. The maximum Gasteiger partial charge on any atom is 0.333 e. The van der Waals surface area contributed by atoms with Crippen molar-refractivity contribution in [1.82, 2.24) is 0 Å². The molecule has 274 valence electrons.